The van der Waals surface area contributed by atoms with Crippen LogP contribution in [0.4, 0.5) is 5.69 Å². The lowest BCUT2D eigenvalue weighted by molar-refractivity contribution is 0.0954. The maximum atomic E-state index is 11.6. The van der Waals surface area contributed by atoms with Crippen LogP contribution >= 0.6 is 0 Å². The van der Waals surface area contributed by atoms with E-state index in [-0.39, 0.29) is 5.91 Å². The van der Waals surface area contributed by atoms with Crippen LogP contribution in [0.3, 0.4) is 0 Å². The van der Waals surface area contributed by atoms with Crippen LogP contribution in [-0.4, -0.2) is 12.5 Å². The van der Waals surface area contributed by atoms with Crippen molar-refractivity contribution in [3.63, 3.8) is 0 Å². The standard InChI is InChI=1S/C12H14N2O/c1-2-3-6-9-14-12(15)10-7-4-5-8-11(10)13/h1,4-5,7-8H,3,6,9,13H2,(H,14,15). The summed E-state index contributed by atoms with van der Waals surface area (Å²) in [6, 6.07) is 6.99. The van der Waals surface area contributed by atoms with E-state index in [4.69, 9.17) is 12.2 Å². The number of nitrogen functional groups attached to an aromatic ring is 1. The predicted molar refractivity (Wildman–Crippen MR) is 61.3 cm³/mol. The molecule has 0 aliphatic heterocycles. The second kappa shape index (κ2) is 5.71. The largest absolute Gasteiger partial charge is 0.398 e. The Kier molecular flexibility index (Phi) is 4.24. The molecule has 0 saturated carbocycles. The molecule has 0 radical (unpaired) electrons. The summed E-state index contributed by atoms with van der Waals surface area (Å²) in [6.45, 7) is 0.581. The highest BCUT2D eigenvalue weighted by Crippen LogP contribution is 2.09. The lowest BCUT2D eigenvalue weighted by Gasteiger charge is -2.05. The Labute approximate surface area is 89.7 Å². The van der Waals surface area contributed by atoms with Gasteiger partial charge in [0.25, 0.3) is 5.91 Å². The van der Waals surface area contributed by atoms with Gasteiger partial charge in [0.1, 0.15) is 0 Å². The summed E-state index contributed by atoms with van der Waals surface area (Å²) in [5.41, 5.74) is 6.66. The van der Waals surface area contributed by atoms with Gasteiger partial charge in [0.2, 0.25) is 0 Å². The third-order valence-corrected chi connectivity index (χ3v) is 1.99. The molecular weight excluding hydrogens is 188 g/mol. The van der Waals surface area contributed by atoms with Gasteiger partial charge in [-0.2, -0.15) is 0 Å². The number of nitrogens with two attached hydrogens (primary N) is 1. The van der Waals surface area contributed by atoms with E-state index < -0.39 is 0 Å². The topological polar surface area (TPSA) is 55.1 Å². The number of carbonyl (C=O) groups is 1. The third kappa shape index (κ3) is 3.35. The van der Waals surface area contributed by atoms with E-state index >= 15 is 0 Å². The number of terminal acetylenes is 1. The third-order valence-electron chi connectivity index (χ3n) is 1.99. The summed E-state index contributed by atoms with van der Waals surface area (Å²) in [6.07, 6.45) is 6.56. The zero-order chi connectivity index (χ0) is 11.1. The summed E-state index contributed by atoms with van der Waals surface area (Å²) in [5.74, 6) is 2.37. The van der Waals surface area contributed by atoms with E-state index in [1.54, 1.807) is 24.3 Å². The quantitative estimate of drug-likeness (QED) is 0.440. The van der Waals surface area contributed by atoms with Crippen LogP contribution in [0.5, 0.6) is 0 Å². The number of hydrogen-bond acceptors (Lipinski definition) is 2. The molecule has 0 unspecified atom stereocenters. The van der Waals surface area contributed by atoms with Gasteiger partial charge in [-0.1, -0.05) is 12.1 Å². The molecule has 1 amide bonds. The molecule has 3 heteroatoms. The fourth-order valence-corrected chi connectivity index (χ4v) is 1.19. The molecule has 0 spiro atoms. The van der Waals surface area contributed by atoms with Crippen LogP contribution in [-0.2, 0) is 0 Å². The van der Waals surface area contributed by atoms with Crippen LogP contribution in [0.25, 0.3) is 0 Å². The highest BCUT2D eigenvalue weighted by molar-refractivity contribution is 5.98. The van der Waals surface area contributed by atoms with Gasteiger partial charge in [-0.15, -0.1) is 12.3 Å². The van der Waals surface area contributed by atoms with Crippen LogP contribution in [0, 0.1) is 12.3 Å². The molecule has 0 atom stereocenters. The maximum Gasteiger partial charge on any atom is 0.253 e. The van der Waals surface area contributed by atoms with Crippen molar-refractivity contribution in [3.8, 4) is 12.3 Å². The zero-order valence-electron chi connectivity index (χ0n) is 8.49. The number of unbranched alkanes of at least 4 members (excludes halogenated alkanes) is 1. The number of benzene rings is 1. The first-order chi connectivity index (χ1) is 7.25. The molecular formula is C12H14N2O. The van der Waals surface area contributed by atoms with Crippen LogP contribution in [0.15, 0.2) is 24.3 Å². The summed E-state index contributed by atoms with van der Waals surface area (Å²) >= 11 is 0. The molecule has 78 valence electrons. The normalized spacial score (nSPS) is 9.27. The Balaban J connectivity index is 2.48. The maximum absolute atomic E-state index is 11.6. The van der Waals surface area contributed by atoms with E-state index in [1.807, 2.05) is 0 Å². The zero-order valence-corrected chi connectivity index (χ0v) is 8.49. The Morgan fingerprint density at radius 1 is 1.47 bits per heavy atom. The fourth-order valence-electron chi connectivity index (χ4n) is 1.19. The molecule has 0 heterocycles. The van der Waals surface area contributed by atoms with Crippen LogP contribution in [0.2, 0.25) is 0 Å². The second-order valence-corrected chi connectivity index (χ2v) is 3.15. The Morgan fingerprint density at radius 2 is 2.20 bits per heavy atom. The fraction of sp³-hybridized carbons (Fsp3) is 0.250. The van der Waals surface area contributed by atoms with Crippen molar-refractivity contribution in [1.82, 2.24) is 5.32 Å². The lowest BCUT2D eigenvalue weighted by atomic mass is 10.1. The first-order valence-electron chi connectivity index (χ1n) is 4.82. The summed E-state index contributed by atoms with van der Waals surface area (Å²) in [5, 5.41) is 2.76. The average Bonchev–Trinajstić information content (AvgIpc) is 2.25. The number of carbonyl (C=O) groups excluding carboxylic acids is 1. The molecule has 1 aromatic rings. The SMILES string of the molecule is C#CCCCNC(=O)c1ccccc1N. The number of amides is 1. The molecule has 0 bridgehead atoms. The molecule has 0 aliphatic rings. The van der Waals surface area contributed by atoms with Gasteiger partial charge in [-0.3, -0.25) is 4.79 Å². The Hall–Kier alpha value is -1.95. The van der Waals surface area contributed by atoms with E-state index in [1.165, 1.54) is 0 Å². The van der Waals surface area contributed by atoms with Gasteiger partial charge in [0.05, 0.1) is 5.56 Å². The molecule has 15 heavy (non-hydrogen) atoms. The summed E-state index contributed by atoms with van der Waals surface area (Å²) < 4.78 is 0. The number of anilines is 1. The van der Waals surface area contributed by atoms with Crippen LogP contribution in [0.1, 0.15) is 23.2 Å². The monoisotopic (exact) mass is 202 g/mol. The minimum Gasteiger partial charge on any atom is -0.398 e. The van der Waals surface area contributed by atoms with Gasteiger partial charge in [-0.25, -0.2) is 0 Å². The first kappa shape index (κ1) is 11.1. The number of para-hydroxylation sites is 1. The van der Waals surface area contributed by atoms with E-state index in [0.717, 1.165) is 6.42 Å². The van der Waals surface area contributed by atoms with Crippen molar-refractivity contribution in [1.29, 1.82) is 0 Å². The van der Waals surface area contributed by atoms with Gasteiger partial charge >= 0.3 is 0 Å². The van der Waals surface area contributed by atoms with Crippen molar-refractivity contribution >= 4 is 11.6 Å². The van der Waals surface area contributed by atoms with Crippen molar-refractivity contribution in [2.45, 2.75) is 12.8 Å². The summed E-state index contributed by atoms with van der Waals surface area (Å²) in [7, 11) is 0. The van der Waals surface area contributed by atoms with Crippen molar-refractivity contribution in [2.24, 2.45) is 0 Å². The molecule has 3 nitrogen and oxygen atoms in total. The highest BCUT2D eigenvalue weighted by atomic mass is 16.1. The van der Waals surface area contributed by atoms with Gasteiger partial charge in [0.15, 0.2) is 0 Å². The van der Waals surface area contributed by atoms with Gasteiger partial charge in [0, 0.05) is 18.7 Å². The molecule has 1 aromatic carbocycles. The number of nitrogens with one attached hydrogen (secondary N) is 1. The number of rotatable bonds is 4. The molecule has 3 N–H and O–H groups in total. The van der Waals surface area contributed by atoms with Crippen LogP contribution < -0.4 is 11.1 Å². The molecule has 0 saturated heterocycles. The van der Waals surface area contributed by atoms with Gasteiger partial charge in [-0.05, 0) is 18.6 Å². The smallest absolute Gasteiger partial charge is 0.253 e. The Morgan fingerprint density at radius 3 is 2.87 bits per heavy atom. The van der Waals surface area contributed by atoms with Gasteiger partial charge < -0.3 is 11.1 Å². The molecule has 0 aliphatic carbocycles. The van der Waals surface area contributed by atoms with Crippen molar-refractivity contribution < 1.29 is 4.79 Å². The molecule has 0 aromatic heterocycles. The first-order valence-corrected chi connectivity index (χ1v) is 4.82. The number of hydrogen-bond donors (Lipinski definition) is 2. The lowest BCUT2D eigenvalue weighted by Crippen LogP contribution is -2.25. The molecule has 0 fully saturated rings. The summed E-state index contributed by atoms with van der Waals surface area (Å²) in [4.78, 5) is 11.6. The average molecular weight is 202 g/mol. The van der Waals surface area contributed by atoms with Crippen molar-refractivity contribution in [2.75, 3.05) is 12.3 Å². The minimum atomic E-state index is -0.148. The second-order valence-electron chi connectivity index (χ2n) is 3.15. The van der Waals surface area contributed by atoms with E-state index in [9.17, 15) is 4.79 Å². The Bertz CT molecular complexity index is 379. The highest BCUT2D eigenvalue weighted by Gasteiger charge is 2.06. The predicted octanol–water partition coefficient (Wildman–Crippen LogP) is 1.41. The van der Waals surface area contributed by atoms with E-state index in [0.29, 0.717) is 24.2 Å². The van der Waals surface area contributed by atoms with E-state index in [2.05, 4.69) is 11.2 Å². The van der Waals surface area contributed by atoms with Crippen molar-refractivity contribution in [3.05, 3.63) is 29.8 Å². The minimum absolute atomic E-state index is 0.148. The molecule has 1 rings (SSSR count).